The number of H-pyrrole nitrogens is 1. The Morgan fingerprint density at radius 3 is 2.18 bits per heavy atom. The smallest absolute Gasteiger partial charge is 0.245 e. The molecular weight excluding hydrogens is 298 g/mol. The van der Waals surface area contributed by atoms with E-state index in [2.05, 4.69) is 4.98 Å². The van der Waals surface area contributed by atoms with E-state index in [1.54, 1.807) is 0 Å². The van der Waals surface area contributed by atoms with E-state index in [9.17, 15) is 9.59 Å². The van der Waals surface area contributed by atoms with Crippen molar-refractivity contribution in [2.45, 2.75) is 0 Å². The Morgan fingerprint density at radius 2 is 1.45 bits per heavy atom. The molecule has 3 aromatic carbocycles. The highest BCUT2D eigenvalue weighted by Gasteiger charge is 2.25. The molecule has 22 heavy (non-hydrogen) atoms. The van der Waals surface area contributed by atoms with Crippen LogP contribution < -0.4 is 10.9 Å². The summed E-state index contributed by atoms with van der Waals surface area (Å²) in [5.41, 5.74) is 2.51. The van der Waals surface area contributed by atoms with Crippen LogP contribution in [0.1, 0.15) is 0 Å². The van der Waals surface area contributed by atoms with Crippen molar-refractivity contribution in [3.8, 4) is 22.4 Å². The summed E-state index contributed by atoms with van der Waals surface area (Å²) in [4.78, 5) is 26.6. The molecule has 0 atom stereocenters. The second-order valence-electron chi connectivity index (χ2n) is 5.13. The van der Waals surface area contributed by atoms with Gasteiger partial charge in [0.15, 0.2) is 0 Å². The highest BCUT2D eigenvalue weighted by molar-refractivity contribution is 6.34. The molecular formula is C18H10ClNO2. The zero-order valence-corrected chi connectivity index (χ0v) is 12.1. The lowest BCUT2D eigenvalue weighted by Gasteiger charge is -2.08. The zero-order valence-electron chi connectivity index (χ0n) is 11.4. The summed E-state index contributed by atoms with van der Waals surface area (Å²) in [6.07, 6.45) is 0. The Bertz CT molecular complexity index is 1070. The average molecular weight is 308 g/mol. The lowest BCUT2D eigenvalue weighted by Crippen LogP contribution is -2.33. The minimum absolute atomic E-state index is 0.00809. The first-order valence-corrected chi connectivity index (χ1v) is 7.21. The van der Waals surface area contributed by atoms with E-state index in [0.717, 1.165) is 22.0 Å². The van der Waals surface area contributed by atoms with Crippen molar-refractivity contribution in [3.63, 3.8) is 0 Å². The minimum atomic E-state index is -0.616. The van der Waals surface area contributed by atoms with E-state index in [-0.39, 0.29) is 10.6 Å². The van der Waals surface area contributed by atoms with Crippen molar-refractivity contribution in [2.24, 2.45) is 0 Å². The summed E-state index contributed by atoms with van der Waals surface area (Å²) in [5, 5.41) is 1.00. The number of halogens is 1. The second kappa shape index (κ2) is 4.68. The standard InChI is InChI=1S/C18H10ClNO2/c19-15-14(17(21)18(15)22)16-13(10-6-2-1-3-7-10)11-8-4-5-9-12(11)20-16/h1-9,20H. The predicted molar refractivity (Wildman–Crippen MR) is 89.1 cm³/mol. The third kappa shape index (κ3) is 1.69. The van der Waals surface area contributed by atoms with E-state index in [4.69, 9.17) is 11.6 Å². The molecule has 1 heterocycles. The van der Waals surface area contributed by atoms with E-state index >= 15 is 0 Å². The molecule has 0 aliphatic heterocycles. The molecule has 4 rings (SSSR count). The van der Waals surface area contributed by atoms with E-state index in [1.165, 1.54) is 0 Å². The molecule has 1 aromatic heterocycles. The number of fused-ring (bicyclic) bond motifs is 1. The predicted octanol–water partition coefficient (Wildman–Crippen LogP) is 3.75. The van der Waals surface area contributed by atoms with Gasteiger partial charge in [0.05, 0.1) is 11.3 Å². The third-order valence-corrected chi connectivity index (χ3v) is 4.23. The molecule has 0 saturated carbocycles. The van der Waals surface area contributed by atoms with Gasteiger partial charge in [-0.1, -0.05) is 60.1 Å². The monoisotopic (exact) mass is 307 g/mol. The quantitative estimate of drug-likeness (QED) is 0.573. The number of benzene rings is 2. The Labute approximate surface area is 130 Å². The van der Waals surface area contributed by atoms with Crippen LogP contribution >= 0.6 is 11.6 Å². The lowest BCUT2D eigenvalue weighted by molar-refractivity contribution is 1.35. The molecule has 4 heteroatoms. The fourth-order valence-electron chi connectivity index (χ4n) is 2.82. The molecule has 0 radical (unpaired) electrons. The van der Waals surface area contributed by atoms with Crippen LogP contribution in [0.5, 0.6) is 0 Å². The van der Waals surface area contributed by atoms with Crippen LogP contribution in [0, 0.1) is 0 Å². The Balaban J connectivity index is 2.12. The molecule has 0 fully saturated rings. The van der Waals surface area contributed by atoms with Gasteiger partial charge in [0.2, 0.25) is 10.9 Å². The second-order valence-corrected chi connectivity index (χ2v) is 5.51. The summed E-state index contributed by atoms with van der Waals surface area (Å²) >= 11 is 5.97. The molecule has 106 valence electrons. The summed E-state index contributed by atoms with van der Waals surface area (Å²) in [5.74, 6) is 0. The van der Waals surface area contributed by atoms with Crippen LogP contribution in [0.15, 0.2) is 64.2 Å². The fraction of sp³-hybridized carbons (Fsp3) is 0. The zero-order chi connectivity index (χ0) is 15.3. The van der Waals surface area contributed by atoms with Crippen molar-refractivity contribution in [1.29, 1.82) is 0 Å². The van der Waals surface area contributed by atoms with Gasteiger partial charge in [0.1, 0.15) is 5.02 Å². The number of aromatic nitrogens is 1. The molecule has 3 nitrogen and oxygen atoms in total. The van der Waals surface area contributed by atoms with Gasteiger partial charge in [-0.3, -0.25) is 9.59 Å². The van der Waals surface area contributed by atoms with Crippen LogP contribution in [0.25, 0.3) is 33.3 Å². The van der Waals surface area contributed by atoms with Crippen LogP contribution in [0.3, 0.4) is 0 Å². The number of hydrogen-bond acceptors (Lipinski definition) is 2. The van der Waals surface area contributed by atoms with Crippen molar-refractivity contribution in [3.05, 3.63) is 80.1 Å². The molecule has 0 amide bonds. The van der Waals surface area contributed by atoms with Gasteiger partial charge in [-0.05, 0) is 11.6 Å². The number of nitrogens with one attached hydrogen (secondary N) is 1. The van der Waals surface area contributed by atoms with Gasteiger partial charge in [0, 0.05) is 16.5 Å². The maximum absolute atomic E-state index is 11.9. The number of para-hydroxylation sites is 1. The van der Waals surface area contributed by atoms with Crippen molar-refractivity contribution in [1.82, 2.24) is 4.98 Å². The van der Waals surface area contributed by atoms with E-state index < -0.39 is 10.9 Å². The number of rotatable bonds is 2. The van der Waals surface area contributed by atoms with Crippen molar-refractivity contribution in [2.75, 3.05) is 0 Å². The Morgan fingerprint density at radius 1 is 0.773 bits per heavy atom. The van der Waals surface area contributed by atoms with E-state index in [0.29, 0.717) is 5.69 Å². The van der Waals surface area contributed by atoms with Crippen LogP contribution in [-0.4, -0.2) is 4.98 Å². The maximum atomic E-state index is 11.9. The molecule has 4 aromatic rings. The molecule has 1 N–H and O–H groups in total. The van der Waals surface area contributed by atoms with Crippen LogP contribution in [0.2, 0.25) is 5.02 Å². The van der Waals surface area contributed by atoms with Gasteiger partial charge in [0.25, 0.3) is 0 Å². The van der Waals surface area contributed by atoms with Gasteiger partial charge in [-0.15, -0.1) is 0 Å². The maximum Gasteiger partial charge on any atom is 0.245 e. The summed E-state index contributed by atoms with van der Waals surface area (Å²) < 4.78 is 0. The van der Waals surface area contributed by atoms with Gasteiger partial charge in [-0.2, -0.15) is 0 Å². The molecule has 0 spiro atoms. The first kappa shape index (κ1) is 13.0. The molecule has 0 aliphatic carbocycles. The van der Waals surface area contributed by atoms with Gasteiger partial charge in [-0.25, -0.2) is 0 Å². The third-order valence-electron chi connectivity index (χ3n) is 3.87. The average Bonchev–Trinajstić information content (AvgIpc) is 2.94. The Kier molecular flexibility index (Phi) is 2.78. The summed E-state index contributed by atoms with van der Waals surface area (Å²) in [6, 6.07) is 17.5. The highest BCUT2D eigenvalue weighted by atomic mass is 35.5. The van der Waals surface area contributed by atoms with Crippen molar-refractivity contribution >= 4 is 22.5 Å². The SMILES string of the molecule is O=c1c(Cl)c(-c2[nH]c3ccccc3c2-c2ccccc2)c1=O. The fourth-order valence-corrected chi connectivity index (χ4v) is 3.09. The first-order chi connectivity index (χ1) is 10.7. The molecule has 0 aliphatic rings. The number of aromatic amines is 1. The summed E-state index contributed by atoms with van der Waals surface area (Å²) in [7, 11) is 0. The first-order valence-electron chi connectivity index (χ1n) is 6.84. The van der Waals surface area contributed by atoms with Crippen molar-refractivity contribution < 1.29 is 0 Å². The van der Waals surface area contributed by atoms with Gasteiger partial charge < -0.3 is 4.98 Å². The van der Waals surface area contributed by atoms with Gasteiger partial charge >= 0.3 is 0 Å². The van der Waals surface area contributed by atoms with Crippen LogP contribution in [0.4, 0.5) is 0 Å². The topological polar surface area (TPSA) is 49.9 Å². The number of hydrogen-bond donors (Lipinski definition) is 1. The normalized spacial score (nSPS) is 11.3. The lowest BCUT2D eigenvalue weighted by atomic mass is 9.96. The largest absolute Gasteiger partial charge is 0.354 e. The highest BCUT2D eigenvalue weighted by Crippen LogP contribution is 2.38. The molecule has 0 bridgehead atoms. The molecule has 0 unspecified atom stereocenters. The summed E-state index contributed by atoms with van der Waals surface area (Å²) in [6.45, 7) is 0. The minimum Gasteiger partial charge on any atom is -0.354 e. The van der Waals surface area contributed by atoms with Crippen LogP contribution in [-0.2, 0) is 0 Å². The Hall–Kier alpha value is -2.65. The van der Waals surface area contributed by atoms with E-state index in [1.807, 2.05) is 54.6 Å². The molecule has 0 saturated heterocycles.